The van der Waals surface area contributed by atoms with Gasteiger partial charge in [-0.15, -0.1) is 0 Å². The quantitative estimate of drug-likeness (QED) is 0.148. The molecule has 196 valence electrons. The number of nitrogens with zero attached hydrogens (tertiary/aromatic N) is 3. The minimum Gasteiger partial charge on any atom is -0.494 e. The molecule has 0 N–H and O–H groups in total. The van der Waals surface area contributed by atoms with E-state index >= 15 is 0 Å². The molecule has 4 aromatic carbocycles. The summed E-state index contributed by atoms with van der Waals surface area (Å²) in [5, 5.41) is 4.84. The Morgan fingerprint density at radius 2 is 1.45 bits per heavy atom. The zero-order valence-electron chi connectivity index (χ0n) is 21.7. The van der Waals surface area contributed by atoms with Gasteiger partial charge in [0.1, 0.15) is 10.7 Å². The summed E-state index contributed by atoms with van der Waals surface area (Å²) in [7, 11) is 0. The second kappa shape index (κ2) is 11.3. The van der Waals surface area contributed by atoms with Crippen molar-refractivity contribution in [3.63, 3.8) is 0 Å². The van der Waals surface area contributed by atoms with E-state index < -0.39 is 0 Å². The SMILES string of the molecule is CCOc1ccc(N2C(=O)SC(=Cc3ccc(-n4nc(-c5ccccc5)cc4-c4ccccc4)cc3)C2=S)cc1. The molecule has 40 heavy (non-hydrogen) atoms. The van der Waals surface area contributed by atoms with Crippen LogP contribution in [0, 0.1) is 0 Å². The van der Waals surface area contributed by atoms with Crippen molar-refractivity contribution in [2.75, 3.05) is 11.5 Å². The Morgan fingerprint density at radius 3 is 2.10 bits per heavy atom. The predicted molar refractivity (Wildman–Crippen MR) is 168 cm³/mol. The fraction of sp³-hybridized carbons (Fsp3) is 0.0606. The first kappa shape index (κ1) is 25.8. The molecule has 1 amide bonds. The third-order valence-corrected chi connectivity index (χ3v) is 7.90. The molecule has 1 aliphatic heterocycles. The molecule has 1 aliphatic rings. The number of rotatable bonds is 7. The van der Waals surface area contributed by atoms with Crippen molar-refractivity contribution in [2.45, 2.75) is 6.92 Å². The number of anilines is 1. The largest absolute Gasteiger partial charge is 0.494 e. The Bertz CT molecular complexity index is 1690. The van der Waals surface area contributed by atoms with Gasteiger partial charge in [-0.2, -0.15) is 5.10 Å². The Balaban J connectivity index is 1.28. The second-order valence-electron chi connectivity index (χ2n) is 9.09. The molecule has 5 nitrogen and oxygen atoms in total. The first-order valence-corrected chi connectivity index (χ1v) is 14.2. The number of carbonyl (C=O) groups is 1. The van der Waals surface area contributed by atoms with Crippen LogP contribution in [0.15, 0.2) is 120 Å². The van der Waals surface area contributed by atoms with Crippen molar-refractivity contribution in [3.8, 4) is 34.0 Å². The molecule has 0 atom stereocenters. The first-order chi connectivity index (χ1) is 19.6. The lowest BCUT2D eigenvalue weighted by Crippen LogP contribution is -2.26. The maximum Gasteiger partial charge on any atom is 0.296 e. The van der Waals surface area contributed by atoms with E-state index in [0.29, 0.717) is 11.6 Å². The highest BCUT2D eigenvalue weighted by molar-refractivity contribution is 8.20. The molecule has 0 spiro atoms. The summed E-state index contributed by atoms with van der Waals surface area (Å²) in [5.74, 6) is 0.760. The van der Waals surface area contributed by atoms with E-state index in [4.69, 9.17) is 22.1 Å². The second-order valence-corrected chi connectivity index (χ2v) is 10.5. The van der Waals surface area contributed by atoms with E-state index in [1.165, 1.54) is 0 Å². The number of thiocarbonyl (C=S) groups is 1. The monoisotopic (exact) mass is 559 g/mol. The van der Waals surface area contributed by atoms with Crippen molar-refractivity contribution in [1.82, 2.24) is 9.78 Å². The summed E-state index contributed by atoms with van der Waals surface area (Å²) in [6.07, 6.45) is 1.96. The number of thioether (sulfide) groups is 1. The minimum absolute atomic E-state index is 0.116. The van der Waals surface area contributed by atoms with Gasteiger partial charge >= 0.3 is 0 Å². The van der Waals surface area contributed by atoms with Gasteiger partial charge in [0.15, 0.2) is 0 Å². The van der Waals surface area contributed by atoms with Crippen LogP contribution in [0.5, 0.6) is 5.75 Å². The number of hydrogen-bond acceptors (Lipinski definition) is 5. The van der Waals surface area contributed by atoms with Crippen LogP contribution < -0.4 is 9.64 Å². The van der Waals surface area contributed by atoms with Gasteiger partial charge < -0.3 is 4.74 Å². The van der Waals surface area contributed by atoms with Gasteiger partial charge in [0.2, 0.25) is 0 Å². The van der Waals surface area contributed by atoms with E-state index in [1.807, 2.05) is 103 Å². The van der Waals surface area contributed by atoms with Gasteiger partial charge in [-0.3, -0.25) is 9.69 Å². The minimum atomic E-state index is -0.116. The summed E-state index contributed by atoms with van der Waals surface area (Å²) in [4.78, 5) is 15.7. The molecular weight excluding hydrogens is 535 g/mol. The highest BCUT2D eigenvalue weighted by Crippen LogP contribution is 2.37. The van der Waals surface area contributed by atoms with Crippen molar-refractivity contribution in [1.29, 1.82) is 0 Å². The molecule has 1 saturated heterocycles. The molecule has 0 saturated carbocycles. The number of carbonyl (C=O) groups excluding carboxylic acids is 1. The Labute approximate surface area is 242 Å². The van der Waals surface area contributed by atoms with Crippen molar-refractivity contribution >= 4 is 46.0 Å². The Morgan fingerprint density at radius 1 is 0.825 bits per heavy atom. The highest BCUT2D eigenvalue weighted by atomic mass is 32.2. The molecule has 0 unspecified atom stereocenters. The summed E-state index contributed by atoms with van der Waals surface area (Å²) >= 11 is 6.84. The predicted octanol–water partition coefficient (Wildman–Crippen LogP) is 8.65. The Kier molecular flexibility index (Phi) is 7.31. The Hall–Kier alpha value is -4.46. The third kappa shape index (κ3) is 5.21. The average molecular weight is 560 g/mol. The molecule has 5 aromatic rings. The first-order valence-electron chi connectivity index (χ1n) is 12.9. The fourth-order valence-corrected chi connectivity index (χ4v) is 5.83. The van der Waals surface area contributed by atoms with Crippen LogP contribution in [0.3, 0.4) is 0 Å². The van der Waals surface area contributed by atoms with Crippen LogP contribution in [0.4, 0.5) is 10.5 Å². The molecule has 0 radical (unpaired) electrons. The summed E-state index contributed by atoms with van der Waals surface area (Å²) in [6, 6.07) is 38.1. The molecule has 1 fully saturated rings. The number of hydrogen-bond donors (Lipinski definition) is 0. The summed E-state index contributed by atoms with van der Waals surface area (Å²) in [5.41, 5.74) is 6.69. The van der Waals surface area contributed by atoms with Gasteiger partial charge in [0, 0.05) is 11.1 Å². The maximum absolute atomic E-state index is 12.8. The van der Waals surface area contributed by atoms with Crippen LogP contribution >= 0.6 is 24.0 Å². The average Bonchev–Trinajstić information content (AvgIpc) is 3.56. The smallest absolute Gasteiger partial charge is 0.296 e. The molecule has 7 heteroatoms. The van der Waals surface area contributed by atoms with Gasteiger partial charge in [-0.25, -0.2) is 4.68 Å². The molecular formula is C33H25N3O2S2. The number of amides is 1. The lowest BCUT2D eigenvalue weighted by atomic mass is 10.1. The van der Waals surface area contributed by atoms with Crippen LogP contribution in [-0.2, 0) is 0 Å². The zero-order valence-corrected chi connectivity index (χ0v) is 23.4. The van der Waals surface area contributed by atoms with Crippen molar-refractivity contribution in [2.24, 2.45) is 0 Å². The van der Waals surface area contributed by atoms with Gasteiger partial charge in [0.25, 0.3) is 5.24 Å². The fourth-order valence-electron chi connectivity index (χ4n) is 4.55. The van der Waals surface area contributed by atoms with E-state index in [1.54, 1.807) is 4.90 Å². The standard InChI is InChI=1S/C33H25N3O2S2/c1-2-38-28-19-17-26(18-20-28)35-32(39)31(40-33(35)37)21-23-13-15-27(16-14-23)36-30(25-11-7-4-8-12-25)22-29(34-36)24-9-5-3-6-10-24/h3-22H,2H2,1H3. The van der Waals surface area contributed by atoms with E-state index in [2.05, 4.69) is 30.3 Å². The van der Waals surface area contributed by atoms with Crippen LogP contribution in [0.1, 0.15) is 12.5 Å². The number of aromatic nitrogens is 2. The highest BCUT2D eigenvalue weighted by Gasteiger charge is 2.33. The van der Waals surface area contributed by atoms with Gasteiger partial charge in [0.05, 0.1) is 34.3 Å². The van der Waals surface area contributed by atoms with E-state index in [0.717, 1.165) is 61.9 Å². The van der Waals surface area contributed by atoms with Crippen LogP contribution in [0.25, 0.3) is 34.3 Å². The summed E-state index contributed by atoms with van der Waals surface area (Å²) in [6.45, 7) is 2.52. The maximum atomic E-state index is 12.8. The molecule has 6 rings (SSSR count). The van der Waals surface area contributed by atoms with E-state index in [9.17, 15) is 4.79 Å². The zero-order chi connectivity index (χ0) is 27.5. The topological polar surface area (TPSA) is 47.4 Å². The van der Waals surface area contributed by atoms with Gasteiger partial charge in [-0.1, -0.05) is 85.0 Å². The summed E-state index contributed by atoms with van der Waals surface area (Å²) < 4.78 is 7.49. The lowest BCUT2D eigenvalue weighted by molar-refractivity contribution is 0.268. The lowest BCUT2D eigenvalue weighted by Gasteiger charge is -2.15. The van der Waals surface area contributed by atoms with E-state index in [-0.39, 0.29) is 5.24 Å². The molecule has 0 aliphatic carbocycles. The number of ether oxygens (including phenoxy) is 1. The van der Waals surface area contributed by atoms with Gasteiger partial charge in [-0.05, 0) is 72.8 Å². The van der Waals surface area contributed by atoms with Crippen molar-refractivity contribution < 1.29 is 9.53 Å². The van der Waals surface area contributed by atoms with Crippen LogP contribution in [-0.4, -0.2) is 26.6 Å². The van der Waals surface area contributed by atoms with Crippen molar-refractivity contribution in [3.05, 3.63) is 126 Å². The third-order valence-electron chi connectivity index (χ3n) is 6.48. The molecule has 1 aromatic heterocycles. The molecule has 2 heterocycles. The number of benzene rings is 4. The normalized spacial score (nSPS) is 14.2. The molecule has 0 bridgehead atoms. The van der Waals surface area contributed by atoms with Crippen LogP contribution in [0.2, 0.25) is 0 Å².